The van der Waals surface area contributed by atoms with Crippen LogP contribution in [-0.2, 0) is 12.8 Å². The van der Waals surface area contributed by atoms with Crippen LogP contribution in [0.25, 0.3) is 17.2 Å². The minimum atomic E-state index is 0.538. The Morgan fingerprint density at radius 2 is 1.71 bits per heavy atom. The first kappa shape index (κ1) is 17.0. The summed E-state index contributed by atoms with van der Waals surface area (Å²) in [5.74, 6) is 1.21. The van der Waals surface area contributed by atoms with E-state index in [4.69, 9.17) is 0 Å². The molecule has 0 heteroatoms. The molecule has 1 unspecified atom stereocenters. The molecule has 3 rings (SSSR count). The third-order valence-corrected chi connectivity index (χ3v) is 5.63. The van der Waals surface area contributed by atoms with Crippen molar-refractivity contribution in [1.82, 2.24) is 0 Å². The minimum absolute atomic E-state index is 0.538. The molecule has 24 heavy (non-hydrogen) atoms. The number of rotatable bonds is 5. The Labute approximate surface area is 147 Å². The van der Waals surface area contributed by atoms with Crippen LogP contribution >= 0.6 is 0 Å². The standard InChI is InChI=1S/C24H30/c1-6-17(5)20-14-19-12-13-21(16(3)4)24(23(19)15-20)22-11-9-8-10-18(22)7-2/h8-13,15-17H,6-7,14H2,1-5H3. The van der Waals surface area contributed by atoms with Crippen LogP contribution in [0.5, 0.6) is 0 Å². The van der Waals surface area contributed by atoms with Crippen molar-refractivity contribution in [3.8, 4) is 11.1 Å². The molecule has 0 saturated carbocycles. The minimum Gasteiger partial charge on any atom is -0.0648 e. The molecule has 1 aliphatic rings. The van der Waals surface area contributed by atoms with Crippen LogP contribution in [-0.4, -0.2) is 0 Å². The Kier molecular flexibility index (Phi) is 4.94. The van der Waals surface area contributed by atoms with E-state index in [1.165, 1.54) is 39.8 Å². The quantitative estimate of drug-likeness (QED) is 0.555. The Hall–Kier alpha value is -1.82. The molecule has 0 nitrogen and oxygen atoms in total. The zero-order valence-electron chi connectivity index (χ0n) is 15.8. The maximum absolute atomic E-state index is 2.50. The van der Waals surface area contributed by atoms with Gasteiger partial charge in [-0.2, -0.15) is 0 Å². The first-order valence-corrected chi connectivity index (χ1v) is 9.51. The smallest absolute Gasteiger partial charge is 0.00549 e. The summed E-state index contributed by atoms with van der Waals surface area (Å²) in [6.07, 6.45) is 5.93. The molecule has 0 radical (unpaired) electrons. The first-order valence-electron chi connectivity index (χ1n) is 9.51. The SMILES string of the molecule is CCc1ccccc1-c1c(C(C)C)ccc2c1C=C(C(C)CC)C2. The highest BCUT2D eigenvalue weighted by Crippen LogP contribution is 2.42. The topological polar surface area (TPSA) is 0 Å². The van der Waals surface area contributed by atoms with Gasteiger partial charge in [-0.15, -0.1) is 0 Å². The number of allylic oxidation sites excluding steroid dienone is 1. The molecule has 0 spiro atoms. The summed E-state index contributed by atoms with van der Waals surface area (Å²) in [4.78, 5) is 0. The number of aryl methyl sites for hydroxylation is 1. The second-order valence-corrected chi connectivity index (χ2v) is 7.47. The van der Waals surface area contributed by atoms with E-state index in [1.54, 1.807) is 5.57 Å². The normalized spacial score (nSPS) is 14.7. The summed E-state index contributed by atoms with van der Waals surface area (Å²) >= 11 is 0. The van der Waals surface area contributed by atoms with E-state index >= 15 is 0 Å². The van der Waals surface area contributed by atoms with Gasteiger partial charge in [0.15, 0.2) is 0 Å². The van der Waals surface area contributed by atoms with Gasteiger partial charge >= 0.3 is 0 Å². The maximum Gasteiger partial charge on any atom is -0.00549 e. The van der Waals surface area contributed by atoms with Gasteiger partial charge in [0, 0.05) is 0 Å². The van der Waals surface area contributed by atoms with Gasteiger partial charge in [-0.05, 0) is 64.5 Å². The number of hydrogen-bond donors (Lipinski definition) is 0. The Morgan fingerprint density at radius 1 is 0.958 bits per heavy atom. The van der Waals surface area contributed by atoms with E-state index in [0.29, 0.717) is 11.8 Å². The van der Waals surface area contributed by atoms with Crippen LogP contribution in [0.2, 0.25) is 0 Å². The van der Waals surface area contributed by atoms with Crippen molar-refractivity contribution in [2.75, 3.05) is 0 Å². The summed E-state index contributed by atoms with van der Waals surface area (Å²) in [5, 5.41) is 0. The molecule has 0 fully saturated rings. The number of benzene rings is 2. The summed E-state index contributed by atoms with van der Waals surface area (Å²) in [6.45, 7) is 11.5. The monoisotopic (exact) mass is 318 g/mol. The second-order valence-electron chi connectivity index (χ2n) is 7.47. The lowest BCUT2D eigenvalue weighted by molar-refractivity contribution is 0.647. The summed E-state index contributed by atoms with van der Waals surface area (Å²) in [5.41, 5.74) is 10.5. The van der Waals surface area contributed by atoms with Crippen LogP contribution in [0, 0.1) is 5.92 Å². The number of fused-ring (bicyclic) bond motifs is 1. The lowest BCUT2D eigenvalue weighted by atomic mass is 9.85. The maximum atomic E-state index is 2.50. The van der Waals surface area contributed by atoms with Gasteiger partial charge in [-0.3, -0.25) is 0 Å². The molecule has 0 saturated heterocycles. The fraction of sp³-hybridized carbons (Fsp3) is 0.417. The van der Waals surface area contributed by atoms with E-state index in [1.807, 2.05) is 0 Å². The van der Waals surface area contributed by atoms with Crippen LogP contribution in [0.1, 0.15) is 69.2 Å². The van der Waals surface area contributed by atoms with Crippen molar-refractivity contribution >= 4 is 6.08 Å². The average molecular weight is 319 g/mol. The zero-order chi connectivity index (χ0) is 17.3. The van der Waals surface area contributed by atoms with Gasteiger partial charge in [-0.25, -0.2) is 0 Å². The molecule has 2 aromatic rings. The van der Waals surface area contributed by atoms with Crippen LogP contribution in [0.4, 0.5) is 0 Å². The molecule has 126 valence electrons. The lowest BCUT2D eigenvalue weighted by Gasteiger charge is -2.19. The largest absolute Gasteiger partial charge is 0.0648 e. The van der Waals surface area contributed by atoms with Gasteiger partial charge in [0.1, 0.15) is 0 Å². The predicted octanol–water partition coefficient (Wildman–Crippen LogP) is 7.03. The molecule has 0 aromatic heterocycles. The molecule has 0 bridgehead atoms. The highest BCUT2D eigenvalue weighted by Gasteiger charge is 2.23. The van der Waals surface area contributed by atoms with Crippen molar-refractivity contribution in [3.05, 3.63) is 64.2 Å². The molecular weight excluding hydrogens is 288 g/mol. The van der Waals surface area contributed by atoms with E-state index in [-0.39, 0.29) is 0 Å². The van der Waals surface area contributed by atoms with Gasteiger partial charge in [0.2, 0.25) is 0 Å². The van der Waals surface area contributed by atoms with Crippen molar-refractivity contribution < 1.29 is 0 Å². The molecule has 1 aliphatic carbocycles. The molecule has 0 heterocycles. The molecular formula is C24H30. The van der Waals surface area contributed by atoms with Gasteiger partial charge in [0.05, 0.1) is 0 Å². The highest BCUT2D eigenvalue weighted by molar-refractivity contribution is 5.85. The van der Waals surface area contributed by atoms with Gasteiger partial charge in [-0.1, -0.05) is 82.7 Å². The third kappa shape index (κ3) is 2.95. The van der Waals surface area contributed by atoms with Gasteiger partial charge in [0.25, 0.3) is 0 Å². The molecule has 1 atom stereocenters. The number of hydrogen-bond acceptors (Lipinski definition) is 0. The summed E-state index contributed by atoms with van der Waals surface area (Å²) < 4.78 is 0. The lowest BCUT2D eigenvalue weighted by Crippen LogP contribution is -2.00. The average Bonchev–Trinajstić information content (AvgIpc) is 3.04. The van der Waals surface area contributed by atoms with E-state index in [9.17, 15) is 0 Å². The van der Waals surface area contributed by atoms with Crippen LogP contribution in [0.15, 0.2) is 42.0 Å². The Morgan fingerprint density at radius 3 is 2.38 bits per heavy atom. The van der Waals surface area contributed by atoms with E-state index in [0.717, 1.165) is 12.8 Å². The zero-order valence-corrected chi connectivity index (χ0v) is 15.8. The predicted molar refractivity (Wildman–Crippen MR) is 106 cm³/mol. The van der Waals surface area contributed by atoms with Crippen molar-refractivity contribution in [2.24, 2.45) is 5.92 Å². The first-order chi connectivity index (χ1) is 11.6. The van der Waals surface area contributed by atoms with Crippen molar-refractivity contribution in [2.45, 2.75) is 59.8 Å². The Balaban J connectivity index is 2.25. The summed E-state index contributed by atoms with van der Waals surface area (Å²) in [6, 6.07) is 13.7. The van der Waals surface area contributed by atoms with Crippen LogP contribution in [0.3, 0.4) is 0 Å². The highest BCUT2D eigenvalue weighted by atomic mass is 14.3. The fourth-order valence-corrected chi connectivity index (χ4v) is 3.89. The van der Waals surface area contributed by atoms with Crippen LogP contribution < -0.4 is 0 Å². The Bertz CT molecular complexity index is 762. The molecule has 0 aliphatic heterocycles. The van der Waals surface area contributed by atoms with E-state index in [2.05, 4.69) is 77.1 Å². The molecule has 0 N–H and O–H groups in total. The fourth-order valence-electron chi connectivity index (χ4n) is 3.89. The summed E-state index contributed by atoms with van der Waals surface area (Å²) in [7, 11) is 0. The van der Waals surface area contributed by atoms with Crippen molar-refractivity contribution in [1.29, 1.82) is 0 Å². The molecule has 0 amide bonds. The molecule has 2 aromatic carbocycles. The van der Waals surface area contributed by atoms with E-state index < -0.39 is 0 Å². The van der Waals surface area contributed by atoms with Crippen molar-refractivity contribution in [3.63, 3.8) is 0 Å². The third-order valence-electron chi connectivity index (χ3n) is 5.63. The second kappa shape index (κ2) is 6.97. The van der Waals surface area contributed by atoms with Gasteiger partial charge < -0.3 is 0 Å².